The first-order valence-corrected chi connectivity index (χ1v) is 5.86. The van der Waals surface area contributed by atoms with Crippen LogP contribution in [0.3, 0.4) is 0 Å². The summed E-state index contributed by atoms with van der Waals surface area (Å²) in [5.74, 6) is -0.701. The zero-order valence-electron chi connectivity index (χ0n) is 11.5. The SMILES string of the molecule is C=C(C)C(=O)COC(O)COC(=O)C(C)(C)CC. The molecule has 0 saturated carbocycles. The number of carbonyl (C=O) groups excluding carboxylic acids is 2. The molecule has 0 bridgehead atoms. The van der Waals surface area contributed by atoms with Crippen molar-refractivity contribution in [3.05, 3.63) is 12.2 Å². The molecule has 104 valence electrons. The molecule has 0 fully saturated rings. The second-order valence-electron chi connectivity index (χ2n) is 4.81. The molecule has 0 aliphatic heterocycles. The number of carbonyl (C=O) groups is 2. The summed E-state index contributed by atoms with van der Waals surface area (Å²) in [5, 5.41) is 9.39. The van der Waals surface area contributed by atoms with Crippen molar-refractivity contribution in [1.82, 2.24) is 0 Å². The third kappa shape index (κ3) is 5.93. The summed E-state index contributed by atoms with van der Waals surface area (Å²) < 4.78 is 9.73. The van der Waals surface area contributed by atoms with Crippen LogP contribution < -0.4 is 0 Å². The molecule has 5 nitrogen and oxygen atoms in total. The van der Waals surface area contributed by atoms with Crippen LogP contribution in [0.25, 0.3) is 0 Å². The molecule has 0 amide bonds. The number of Topliss-reactive ketones (excluding diaryl/α,β-unsaturated/α-hetero) is 1. The maximum absolute atomic E-state index is 11.6. The standard InChI is InChI=1S/C13H22O5/c1-6-13(4,5)12(16)18-8-11(15)17-7-10(14)9(2)3/h11,15H,2,6-8H2,1,3-5H3. The van der Waals surface area contributed by atoms with Crippen molar-refractivity contribution < 1.29 is 24.2 Å². The number of ether oxygens (including phenoxy) is 2. The lowest BCUT2D eigenvalue weighted by Crippen LogP contribution is -2.30. The summed E-state index contributed by atoms with van der Waals surface area (Å²) in [6.45, 7) is 9.84. The van der Waals surface area contributed by atoms with Gasteiger partial charge in [0, 0.05) is 0 Å². The van der Waals surface area contributed by atoms with E-state index >= 15 is 0 Å². The fourth-order valence-corrected chi connectivity index (χ4v) is 0.830. The smallest absolute Gasteiger partial charge is 0.311 e. The third-order valence-electron chi connectivity index (χ3n) is 2.68. The second-order valence-corrected chi connectivity index (χ2v) is 4.81. The van der Waals surface area contributed by atoms with Gasteiger partial charge in [0.25, 0.3) is 0 Å². The van der Waals surface area contributed by atoms with Crippen LogP contribution in [0.4, 0.5) is 0 Å². The molecular formula is C13H22O5. The summed E-state index contributed by atoms with van der Waals surface area (Å²) in [5.41, 5.74) is -0.237. The molecule has 1 atom stereocenters. The lowest BCUT2D eigenvalue weighted by molar-refractivity contribution is -0.175. The Balaban J connectivity index is 3.98. The minimum Gasteiger partial charge on any atom is -0.460 e. The van der Waals surface area contributed by atoms with Gasteiger partial charge >= 0.3 is 5.97 Å². The maximum atomic E-state index is 11.6. The molecule has 0 aromatic carbocycles. The topological polar surface area (TPSA) is 72.8 Å². The monoisotopic (exact) mass is 258 g/mol. The first-order valence-electron chi connectivity index (χ1n) is 5.86. The molecule has 0 rings (SSSR count). The lowest BCUT2D eigenvalue weighted by Gasteiger charge is -2.21. The highest BCUT2D eigenvalue weighted by Gasteiger charge is 2.27. The van der Waals surface area contributed by atoms with Gasteiger partial charge in [-0.25, -0.2) is 0 Å². The molecule has 5 heteroatoms. The van der Waals surface area contributed by atoms with Crippen molar-refractivity contribution in [2.24, 2.45) is 5.41 Å². The van der Waals surface area contributed by atoms with E-state index in [-0.39, 0.29) is 19.0 Å². The molecule has 0 aliphatic rings. The second kappa shape index (κ2) is 7.28. The molecule has 0 aromatic heterocycles. The fraction of sp³-hybridized carbons (Fsp3) is 0.692. The summed E-state index contributed by atoms with van der Waals surface area (Å²) in [4.78, 5) is 22.7. The van der Waals surface area contributed by atoms with Crippen molar-refractivity contribution >= 4 is 11.8 Å². The van der Waals surface area contributed by atoms with E-state index in [0.29, 0.717) is 12.0 Å². The van der Waals surface area contributed by atoms with Crippen LogP contribution in [0.15, 0.2) is 12.2 Å². The van der Waals surface area contributed by atoms with Gasteiger partial charge in [0.1, 0.15) is 13.2 Å². The van der Waals surface area contributed by atoms with E-state index in [9.17, 15) is 14.7 Å². The minimum atomic E-state index is -1.30. The van der Waals surface area contributed by atoms with Crippen LogP contribution >= 0.6 is 0 Å². The Kier molecular flexibility index (Phi) is 6.80. The van der Waals surface area contributed by atoms with Crippen LogP contribution in [-0.2, 0) is 19.1 Å². The summed E-state index contributed by atoms with van der Waals surface area (Å²) in [6.07, 6.45) is -0.665. The number of rotatable bonds is 8. The van der Waals surface area contributed by atoms with Crippen molar-refractivity contribution in [3.8, 4) is 0 Å². The Morgan fingerprint density at radius 1 is 1.39 bits per heavy atom. The van der Waals surface area contributed by atoms with Gasteiger partial charge in [0.2, 0.25) is 0 Å². The Labute approximate surface area is 108 Å². The van der Waals surface area contributed by atoms with E-state index in [1.54, 1.807) is 20.8 Å². The zero-order chi connectivity index (χ0) is 14.3. The molecular weight excluding hydrogens is 236 g/mol. The highest BCUT2D eigenvalue weighted by molar-refractivity contribution is 5.95. The zero-order valence-corrected chi connectivity index (χ0v) is 11.5. The van der Waals surface area contributed by atoms with Crippen molar-refractivity contribution in [2.45, 2.75) is 40.4 Å². The highest BCUT2D eigenvalue weighted by Crippen LogP contribution is 2.21. The Morgan fingerprint density at radius 2 is 1.94 bits per heavy atom. The van der Waals surface area contributed by atoms with E-state index in [0.717, 1.165) is 0 Å². The van der Waals surface area contributed by atoms with Crippen molar-refractivity contribution in [1.29, 1.82) is 0 Å². The van der Waals surface area contributed by atoms with Gasteiger partial charge in [-0.1, -0.05) is 13.5 Å². The molecule has 0 spiro atoms. The molecule has 0 radical (unpaired) electrons. The van der Waals surface area contributed by atoms with Gasteiger partial charge < -0.3 is 14.6 Å². The van der Waals surface area contributed by atoms with E-state index in [1.165, 1.54) is 0 Å². The lowest BCUT2D eigenvalue weighted by atomic mass is 9.91. The average molecular weight is 258 g/mol. The van der Waals surface area contributed by atoms with Gasteiger partial charge in [-0.2, -0.15) is 0 Å². The molecule has 1 N–H and O–H groups in total. The van der Waals surface area contributed by atoms with Crippen LogP contribution in [0.2, 0.25) is 0 Å². The first-order chi connectivity index (χ1) is 8.20. The minimum absolute atomic E-state index is 0.273. The Bertz CT molecular complexity index is 319. The fourth-order valence-electron chi connectivity index (χ4n) is 0.830. The molecule has 0 aromatic rings. The van der Waals surface area contributed by atoms with Gasteiger partial charge in [-0.3, -0.25) is 9.59 Å². The number of hydrogen-bond acceptors (Lipinski definition) is 5. The predicted molar refractivity (Wildman–Crippen MR) is 66.8 cm³/mol. The van der Waals surface area contributed by atoms with Crippen molar-refractivity contribution in [3.63, 3.8) is 0 Å². The number of ketones is 1. The Morgan fingerprint density at radius 3 is 2.39 bits per heavy atom. The number of aliphatic hydroxyl groups excluding tert-OH is 1. The number of aliphatic hydroxyl groups is 1. The van der Waals surface area contributed by atoms with E-state index in [1.807, 2.05) is 6.92 Å². The van der Waals surface area contributed by atoms with E-state index in [4.69, 9.17) is 9.47 Å². The summed E-state index contributed by atoms with van der Waals surface area (Å²) >= 11 is 0. The normalized spacial score (nSPS) is 12.9. The molecule has 18 heavy (non-hydrogen) atoms. The average Bonchev–Trinajstić information content (AvgIpc) is 2.32. The quantitative estimate of drug-likeness (QED) is 0.405. The third-order valence-corrected chi connectivity index (χ3v) is 2.68. The van der Waals surface area contributed by atoms with Crippen LogP contribution in [0.5, 0.6) is 0 Å². The van der Waals surface area contributed by atoms with E-state index < -0.39 is 17.7 Å². The summed E-state index contributed by atoms with van der Waals surface area (Å²) in [6, 6.07) is 0. The van der Waals surface area contributed by atoms with Gasteiger partial charge in [0.15, 0.2) is 12.1 Å². The van der Waals surface area contributed by atoms with Crippen LogP contribution in [0.1, 0.15) is 34.1 Å². The predicted octanol–water partition coefficient (Wildman–Crippen LogP) is 1.45. The molecule has 0 saturated heterocycles. The maximum Gasteiger partial charge on any atom is 0.311 e. The Hall–Kier alpha value is -1.20. The summed E-state index contributed by atoms with van der Waals surface area (Å²) in [7, 11) is 0. The van der Waals surface area contributed by atoms with Crippen molar-refractivity contribution in [2.75, 3.05) is 13.2 Å². The van der Waals surface area contributed by atoms with Gasteiger partial charge in [-0.05, 0) is 32.8 Å². The largest absolute Gasteiger partial charge is 0.460 e. The van der Waals surface area contributed by atoms with Gasteiger partial charge in [0.05, 0.1) is 5.41 Å². The number of esters is 1. The number of hydrogen-bond donors (Lipinski definition) is 1. The van der Waals surface area contributed by atoms with Crippen LogP contribution in [0, 0.1) is 5.41 Å². The van der Waals surface area contributed by atoms with Gasteiger partial charge in [-0.15, -0.1) is 0 Å². The van der Waals surface area contributed by atoms with Crippen LogP contribution in [-0.4, -0.2) is 36.4 Å². The molecule has 0 aliphatic carbocycles. The molecule has 0 heterocycles. The molecule has 1 unspecified atom stereocenters. The first kappa shape index (κ1) is 16.8. The van der Waals surface area contributed by atoms with E-state index in [2.05, 4.69) is 6.58 Å². The highest BCUT2D eigenvalue weighted by atomic mass is 16.6.